The number of hydrogen-bond acceptors (Lipinski definition) is 6. The molecule has 1 heterocycles. The topological polar surface area (TPSA) is 93.9 Å². The molecule has 0 saturated carbocycles. The monoisotopic (exact) mass is 351 g/mol. The summed E-state index contributed by atoms with van der Waals surface area (Å²) in [6, 6.07) is 8.07. The normalized spacial score (nSPS) is 14.7. The molecule has 0 aliphatic carbocycles. The number of ether oxygens (including phenoxy) is 1. The van der Waals surface area contributed by atoms with E-state index in [-0.39, 0.29) is 0 Å². The van der Waals surface area contributed by atoms with Crippen LogP contribution in [-0.4, -0.2) is 48.7 Å². The Balaban J connectivity index is 1.63. The molecule has 0 atom stereocenters. The number of nitrogens with zero attached hydrogens (tertiary/aromatic N) is 2. The second-order valence-corrected chi connectivity index (χ2v) is 6.03. The van der Waals surface area contributed by atoms with Crippen molar-refractivity contribution in [2.24, 2.45) is 0 Å². The molecule has 1 N–H and O–H groups in total. The van der Waals surface area contributed by atoms with Crippen LogP contribution < -0.4 is 10.1 Å². The van der Waals surface area contributed by atoms with Crippen molar-refractivity contribution in [2.45, 2.75) is 32.2 Å². The van der Waals surface area contributed by atoms with E-state index in [1.807, 2.05) is 12.1 Å². The van der Waals surface area contributed by atoms with Gasteiger partial charge in [0.05, 0.1) is 6.61 Å². The van der Waals surface area contributed by atoms with Crippen LogP contribution in [-0.2, 0) is 16.2 Å². The van der Waals surface area contributed by atoms with Crippen LogP contribution in [0.2, 0.25) is 0 Å². The number of piperidine rings is 1. The van der Waals surface area contributed by atoms with Crippen molar-refractivity contribution in [1.29, 1.82) is 0 Å². The zero-order valence-electron chi connectivity index (χ0n) is 14.3. The van der Waals surface area contributed by atoms with Gasteiger partial charge in [-0.05, 0) is 50.0 Å². The molecule has 0 bridgehead atoms. The second-order valence-electron chi connectivity index (χ2n) is 6.03. The van der Waals surface area contributed by atoms with E-state index in [2.05, 4.69) is 27.2 Å². The minimum absolute atomic E-state index is 0.382. The summed E-state index contributed by atoms with van der Waals surface area (Å²) in [5.74, 6) is 0.303. The van der Waals surface area contributed by atoms with Gasteiger partial charge in [0.2, 0.25) is 5.91 Å². The first-order valence-electron chi connectivity index (χ1n) is 8.61. The predicted molar refractivity (Wildman–Crippen MR) is 91.6 cm³/mol. The first-order valence-corrected chi connectivity index (χ1v) is 8.61. The van der Waals surface area contributed by atoms with E-state index in [4.69, 9.17) is 4.74 Å². The van der Waals surface area contributed by atoms with Crippen LogP contribution in [0.15, 0.2) is 24.3 Å². The minimum atomic E-state index is -0.987. The number of hydrogen-bond donors (Lipinski definition) is 1. The largest absolute Gasteiger partial charge is 0.494 e. The van der Waals surface area contributed by atoms with E-state index in [1.165, 1.54) is 24.8 Å². The molecule has 2 rings (SSSR count). The van der Waals surface area contributed by atoms with Gasteiger partial charge in [0, 0.05) is 13.1 Å². The molecule has 8 nitrogen and oxygen atoms in total. The van der Waals surface area contributed by atoms with E-state index in [0.29, 0.717) is 19.6 Å². The fourth-order valence-electron chi connectivity index (χ4n) is 2.76. The second kappa shape index (κ2) is 10.5. The molecule has 1 aliphatic rings. The molecule has 1 aromatic carbocycles. The van der Waals surface area contributed by atoms with Crippen molar-refractivity contribution < 1.29 is 19.5 Å². The molecule has 0 aromatic heterocycles. The average molecular weight is 351 g/mol. The van der Waals surface area contributed by atoms with Crippen LogP contribution in [0.1, 0.15) is 31.2 Å². The molecule has 0 spiro atoms. The Labute approximate surface area is 147 Å². The van der Waals surface area contributed by atoms with Crippen molar-refractivity contribution in [2.75, 3.05) is 32.8 Å². The Morgan fingerprint density at radius 2 is 2.08 bits per heavy atom. The van der Waals surface area contributed by atoms with Gasteiger partial charge in [-0.25, -0.2) is 0 Å². The van der Waals surface area contributed by atoms with Gasteiger partial charge < -0.3 is 14.9 Å². The maximum atomic E-state index is 11.2. The first-order chi connectivity index (χ1) is 12.1. The van der Waals surface area contributed by atoms with Gasteiger partial charge in [0.1, 0.15) is 5.75 Å². The third-order valence-electron chi connectivity index (χ3n) is 3.97. The fraction of sp³-hybridized carbons (Fsp3) is 0.588. The highest BCUT2D eigenvalue weighted by molar-refractivity contribution is 5.76. The summed E-state index contributed by atoms with van der Waals surface area (Å²) in [7, 11) is 0. The van der Waals surface area contributed by atoms with Gasteiger partial charge in [0.25, 0.3) is 5.09 Å². The van der Waals surface area contributed by atoms with Crippen LogP contribution in [0.4, 0.5) is 0 Å². The molecule has 0 radical (unpaired) electrons. The van der Waals surface area contributed by atoms with Crippen LogP contribution in [0.3, 0.4) is 0 Å². The molecule has 1 fully saturated rings. The molecule has 0 unspecified atom stereocenters. The van der Waals surface area contributed by atoms with E-state index >= 15 is 0 Å². The van der Waals surface area contributed by atoms with Crippen molar-refractivity contribution in [3.05, 3.63) is 39.9 Å². The summed E-state index contributed by atoms with van der Waals surface area (Å²) in [6.45, 7) is 3.53. The smallest absolute Gasteiger partial charge is 0.295 e. The fourth-order valence-corrected chi connectivity index (χ4v) is 2.76. The molecule has 1 aromatic rings. The van der Waals surface area contributed by atoms with E-state index in [9.17, 15) is 14.9 Å². The Bertz CT molecular complexity index is 561. The molecule has 8 heteroatoms. The van der Waals surface area contributed by atoms with Gasteiger partial charge in [-0.1, -0.05) is 18.6 Å². The van der Waals surface area contributed by atoms with E-state index < -0.39 is 17.6 Å². The quantitative estimate of drug-likeness (QED) is 0.392. The lowest BCUT2D eigenvalue weighted by Crippen LogP contribution is -2.30. The lowest BCUT2D eigenvalue weighted by atomic mass is 10.1. The Hall–Kier alpha value is -2.35. The third-order valence-corrected chi connectivity index (χ3v) is 3.97. The van der Waals surface area contributed by atoms with Crippen molar-refractivity contribution >= 4 is 5.91 Å². The van der Waals surface area contributed by atoms with Crippen LogP contribution in [0, 0.1) is 10.1 Å². The molecule has 1 amide bonds. The van der Waals surface area contributed by atoms with Crippen molar-refractivity contribution in [1.82, 2.24) is 10.2 Å². The summed E-state index contributed by atoms with van der Waals surface area (Å²) in [6.07, 6.45) is 4.48. The summed E-state index contributed by atoms with van der Waals surface area (Å²) < 4.78 is 5.71. The zero-order chi connectivity index (χ0) is 17.9. The number of benzene rings is 1. The van der Waals surface area contributed by atoms with Gasteiger partial charge in [-0.2, -0.15) is 0 Å². The van der Waals surface area contributed by atoms with Gasteiger partial charge >= 0.3 is 0 Å². The first kappa shape index (κ1) is 19.0. The number of nitrogens with one attached hydrogen (secondary N) is 1. The van der Waals surface area contributed by atoms with Crippen LogP contribution in [0.25, 0.3) is 0 Å². The Morgan fingerprint density at radius 3 is 2.84 bits per heavy atom. The molecule has 1 saturated heterocycles. The third kappa shape index (κ3) is 7.84. The highest BCUT2D eigenvalue weighted by Gasteiger charge is 2.10. The molecular weight excluding hydrogens is 326 g/mol. The number of likely N-dealkylation sites (tertiary alicyclic amines) is 1. The average Bonchev–Trinajstić information content (AvgIpc) is 2.61. The lowest BCUT2D eigenvalue weighted by Gasteiger charge is -2.26. The van der Waals surface area contributed by atoms with Crippen molar-refractivity contribution in [3.63, 3.8) is 0 Å². The standard InChI is InChI=1S/C17H25N3O5/c21-17(14-25-20(22)23)18-8-5-11-24-16-7-4-6-15(12-16)13-19-9-2-1-3-10-19/h4,6-7,12H,1-3,5,8-11,13-14H2,(H,18,21). The number of carbonyl (C=O) groups is 1. The number of rotatable bonds is 10. The molecule has 25 heavy (non-hydrogen) atoms. The van der Waals surface area contributed by atoms with E-state index in [0.717, 1.165) is 25.4 Å². The maximum Gasteiger partial charge on any atom is 0.295 e. The Morgan fingerprint density at radius 1 is 1.28 bits per heavy atom. The SMILES string of the molecule is O=C(CO[N+](=O)[O-])NCCCOc1cccc(CN2CCCCC2)c1. The Kier molecular flexibility index (Phi) is 7.97. The van der Waals surface area contributed by atoms with E-state index in [1.54, 1.807) is 0 Å². The molecular formula is C17H25N3O5. The summed E-state index contributed by atoms with van der Waals surface area (Å²) >= 11 is 0. The maximum absolute atomic E-state index is 11.2. The van der Waals surface area contributed by atoms with Gasteiger partial charge in [0.15, 0.2) is 6.61 Å². The minimum Gasteiger partial charge on any atom is -0.494 e. The van der Waals surface area contributed by atoms with Crippen molar-refractivity contribution in [3.8, 4) is 5.75 Å². The van der Waals surface area contributed by atoms with Crippen LogP contribution >= 0.6 is 0 Å². The summed E-state index contributed by atoms with van der Waals surface area (Å²) in [4.78, 5) is 27.6. The zero-order valence-corrected chi connectivity index (χ0v) is 14.3. The summed E-state index contributed by atoms with van der Waals surface area (Å²) in [5, 5.41) is 11.5. The number of amides is 1. The summed E-state index contributed by atoms with van der Waals surface area (Å²) in [5.41, 5.74) is 1.24. The highest BCUT2D eigenvalue weighted by Crippen LogP contribution is 2.17. The lowest BCUT2D eigenvalue weighted by molar-refractivity contribution is -0.754. The molecule has 138 valence electrons. The van der Waals surface area contributed by atoms with Gasteiger partial charge in [-0.15, -0.1) is 10.1 Å². The number of carbonyl (C=O) groups excluding carboxylic acids is 1. The molecule has 1 aliphatic heterocycles. The van der Waals surface area contributed by atoms with Crippen LogP contribution in [0.5, 0.6) is 5.75 Å². The predicted octanol–water partition coefficient (Wildman–Crippen LogP) is 1.77. The highest BCUT2D eigenvalue weighted by atomic mass is 16.9. The van der Waals surface area contributed by atoms with Gasteiger partial charge in [-0.3, -0.25) is 9.69 Å².